The number of amides is 2. The number of aromatic nitrogens is 1. The minimum atomic E-state index is -4.78. The molecule has 1 heterocycles. The first-order chi connectivity index (χ1) is 16.6. The first kappa shape index (κ1) is 26.0. The van der Waals surface area contributed by atoms with Crippen LogP contribution in [-0.4, -0.2) is 36.3 Å². The van der Waals surface area contributed by atoms with E-state index >= 15 is 0 Å². The maximum Gasteiger partial charge on any atom is 0.573 e. The Bertz CT molecular complexity index is 1160. The molecule has 2 amide bonds. The molecule has 3 rings (SSSR count). The molecule has 0 saturated carbocycles. The molecule has 0 spiro atoms. The molecule has 0 aliphatic carbocycles. The van der Waals surface area contributed by atoms with Crippen LogP contribution in [0.1, 0.15) is 32.2 Å². The van der Waals surface area contributed by atoms with Crippen molar-refractivity contribution < 1.29 is 32.2 Å². The molecule has 0 bridgehead atoms. The number of nitrogens with one attached hydrogen (secondary N) is 2. The lowest BCUT2D eigenvalue weighted by molar-refractivity contribution is -0.274. The summed E-state index contributed by atoms with van der Waals surface area (Å²) >= 11 is 1.24. The van der Waals surface area contributed by atoms with Gasteiger partial charge in [-0.25, -0.2) is 4.98 Å². The predicted molar refractivity (Wildman–Crippen MR) is 125 cm³/mol. The third-order valence-electron chi connectivity index (χ3n) is 4.83. The van der Waals surface area contributed by atoms with Crippen LogP contribution in [-0.2, 0) is 17.8 Å². The smallest absolute Gasteiger partial charge is 0.484 e. The number of ether oxygens (including phenoxy) is 2. The summed E-state index contributed by atoms with van der Waals surface area (Å²) in [5.74, 6) is -0.910. The summed E-state index contributed by atoms with van der Waals surface area (Å²) in [4.78, 5) is 28.6. The Balaban J connectivity index is 1.39. The normalized spacial score (nSPS) is 11.1. The molecule has 11 heteroatoms. The highest BCUT2D eigenvalue weighted by Crippen LogP contribution is 2.24. The zero-order valence-electron chi connectivity index (χ0n) is 19.1. The second-order valence-corrected chi connectivity index (χ2v) is 8.59. The minimum absolute atomic E-state index is 0.112. The van der Waals surface area contributed by atoms with Crippen molar-refractivity contribution in [3.05, 3.63) is 75.2 Å². The van der Waals surface area contributed by atoms with E-state index in [0.717, 1.165) is 12.1 Å². The maximum atomic E-state index is 12.4. The Labute approximate surface area is 204 Å². The molecule has 0 unspecified atom stereocenters. The average Bonchev–Trinajstić information content (AvgIpc) is 3.28. The third kappa shape index (κ3) is 8.60. The van der Waals surface area contributed by atoms with Gasteiger partial charge in [0, 0.05) is 11.9 Å². The third-order valence-corrected chi connectivity index (χ3v) is 5.68. The van der Waals surface area contributed by atoms with E-state index in [1.54, 1.807) is 5.38 Å². The molecule has 0 atom stereocenters. The number of halogens is 3. The van der Waals surface area contributed by atoms with E-state index in [-0.39, 0.29) is 36.3 Å². The van der Waals surface area contributed by atoms with Crippen molar-refractivity contribution in [2.24, 2.45) is 0 Å². The number of rotatable bonds is 10. The van der Waals surface area contributed by atoms with Crippen molar-refractivity contribution in [1.29, 1.82) is 0 Å². The van der Waals surface area contributed by atoms with Crippen LogP contribution >= 0.6 is 11.3 Å². The molecular weight excluding hydrogens is 483 g/mol. The molecule has 1 aromatic heterocycles. The summed E-state index contributed by atoms with van der Waals surface area (Å²) in [6.07, 6.45) is -4.07. The quantitative estimate of drug-likeness (QED) is 0.427. The van der Waals surface area contributed by atoms with Gasteiger partial charge in [-0.3, -0.25) is 9.59 Å². The summed E-state index contributed by atoms with van der Waals surface area (Å²) < 4.78 is 45.6. The molecule has 2 aromatic carbocycles. The van der Waals surface area contributed by atoms with Gasteiger partial charge in [-0.2, -0.15) is 0 Å². The van der Waals surface area contributed by atoms with Gasteiger partial charge < -0.3 is 20.1 Å². The van der Waals surface area contributed by atoms with Crippen molar-refractivity contribution in [3.8, 4) is 11.5 Å². The Kier molecular flexibility index (Phi) is 8.69. The standard InChI is InChI=1S/C24H24F3N3O4S/c1-15-3-4-16(2)17(11-15)9-10-28-23(32)20-14-35-22(30-20)12-29-21(31)13-33-18-5-7-19(8-6-18)34-24(25,26)27/h3-8,11,14H,9-10,12-13H2,1-2H3,(H,28,32)(H,29,31). The first-order valence-electron chi connectivity index (χ1n) is 10.6. The van der Waals surface area contributed by atoms with Gasteiger partial charge in [-0.1, -0.05) is 23.8 Å². The second kappa shape index (κ2) is 11.7. The van der Waals surface area contributed by atoms with Crippen molar-refractivity contribution >= 4 is 23.2 Å². The summed E-state index contributed by atoms with van der Waals surface area (Å²) in [6, 6.07) is 10.9. The van der Waals surface area contributed by atoms with E-state index in [1.165, 1.54) is 40.2 Å². The summed E-state index contributed by atoms with van der Waals surface area (Å²) in [5, 5.41) is 7.64. The SMILES string of the molecule is Cc1ccc(C)c(CCNC(=O)c2csc(CNC(=O)COc3ccc(OC(F)(F)F)cc3)n2)c1. The maximum absolute atomic E-state index is 12.4. The summed E-state index contributed by atoms with van der Waals surface area (Å²) in [6.45, 7) is 4.31. The Morgan fingerprint density at radius 1 is 1.03 bits per heavy atom. The molecule has 186 valence electrons. The van der Waals surface area contributed by atoms with E-state index < -0.39 is 12.3 Å². The lowest BCUT2D eigenvalue weighted by atomic mass is 10.0. The number of aryl methyl sites for hydroxylation is 2. The van der Waals surface area contributed by atoms with Gasteiger partial charge in [0.1, 0.15) is 22.2 Å². The van der Waals surface area contributed by atoms with Crippen LogP contribution in [0.5, 0.6) is 11.5 Å². The van der Waals surface area contributed by atoms with E-state index in [1.807, 2.05) is 19.9 Å². The van der Waals surface area contributed by atoms with Crippen LogP contribution in [0.15, 0.2) is 47.8 Å². The van der Waals surface area contributed by atoms with Crippen LogP contribution in [0.2, 0.25) is 0 Å². The topological polar surface area (TPSA) is 89.6 Å². The number of nitrogens with zero attached hydrogens (tertiary/aromatic N) is 1. The van der Waals surface area contributed by atoms with Gasteiger partial charge in [0.25, 0.3) is 11.8 Å². The zero-order chi connectivity index (χ0) is 25.4. The zero-order valence-corrected chi connectivity index (χ0v) is 19.9. The minimum Gasteiger partial charge on any atom is -0.484 e. The molecule has 0 aliphatic heterocycles. The van der Waals surface area contributed by atoms with Crippen LogP contribution < -0.4 is 20.1 Å². The molecule has 7 nitrogen and oxygen atoms in total. The molecule has 0 saturated heterocycles. The molecule has 0 fully saturated rings. The predicted octanol–water partition coefficient (Wildman–Crippen LogP) is 4.33. The van der Waals surface area contributed by atoms with Gasteiger partial charge >= 0.3 is 6.36 Å². The Hall–Kier alpha value is -3.60. The molecule has 0 aliphatic rings. The first-order valence-corrected chi connectivity index (χ1v) is 11.5. The van der Waals surface area contributed by atoms with Gasteiger partial charge in [-0.15, -0.1) is 24.5 Å². The lowest BCUT2D eigenvalue weighted by Crippen LogP contribution is -2.28. The fourth-order valence-corrected chi connectivity index (χ4v) is 3.79. The van der Waals surface area contributed by atoms with Crippen molar-refractivity contribution in [1.82, 2.24) is 15.6 Å². The van der Waals surface area contributed by atoms with E-state index in [0.29, 0.717) is 18.0 Å². The van der Waals surface area contributed by atoms with Crippen LogP contribution in [0.25, 0.3) is 0 Å². The number of hydrogen-bond acceptors (Lipinski definition) is 6. The Morgan fingerprint density at radius 2 is 1.74 bits per heavy atom. The number of thiazole rings is 1. The van der Waals surface area contributed by atoms with Crippen LogP contribution in [0.3, 0.4) is 0 Å². The van der Waals surface area contributed by atoms with Gasteiger partial charge in [0.05, 0.1) is 6.54 Å². The van der Waals surface area contributed by atoms with E-state index in [2.05, 4.69) is 32.5 Å². The number of hydrogen-bond donors (Lipinski definition) is 2. The summed E-state index contributed by atoms with van der Waals surface area (Å²) in [5.41, 5.74) is 3.80. The number of benzene rings is 2. The highest BCUT2D eigenvalue weighted by molar-refractivity contribution is 7.09. The van der Waals surface area contributed by atoms with Crippen LogP contribution in [0.4, 0.5) is 13.2 Å². The van der Waals surface area contributed by atoms with Crippen molar-refractivity contribution in [3.63, 3.8) is 0 Å². The lowest BCUT2D eigenvalue weighted by Gasteiger charge is -2.10. The molecule has 3 aromatic rings. The molecule has 0 radical (unpaired) electrons. The monoisotopic (exact) mass is 507 g/mol. The fraction of sp³-hybridized carbons (Fsp3) is 0.292. The average molecular weight is 508 g/mol. The fourth-order valence-electron chi connectivity index (χ4n) is 3.08. The van der Waals surface area contributed by atoms with Crippen molar-refractivity contribution in [2.75, 3.05) is 13.2 Å². The highest BCUT2D eigenvalue weighted by atomic mass is 32.1. The summed E-state index contributed by atoms with van der Waals surface area (Å²) in [7, 11) is 0. The number of alkyl halides is 3. The van der Waals surface area contributed by atoms with Crippen LogP contribution in [0, 0.1) is 13.8 Å². The largest absolute Gasteiger partial charge is 0.573 e. The van der Waals surface area contributed by atoms with Gasteiger partial charge in [0.15, 0.2) is 6.61 Å². The highest BCUT2D eigenvalue weighted by Gasteiger charge is 2.31. The Morgan fingerprint density at radius 3 is 2.46 bits per heavy atom. The second-order valence-electron chi connectivity index (χ2n) is 7.65. The number of carbonyl (C=O) groups is 2. The number of carbonyl (C=O) groups excluding carboxylic acids is 2. The molecule has 2 N–H and O–H groups in total. The van der Waals surface area contributed by atoms with E-state index in [9.17, 15) is 22.8 Å². The van der Waals surface area contributed by atoms with Gasteiger partial charge in [-0.05, 0) is 55.7 Å². The van der Waals surface area contributed by atoms with Gasteiger partial charge in [0.2, 0.25) is 0 Å². The van der Waals surface area contributed by atoms with E-state index in [4.69, 9.17) is 4.74 Å². The molecule has 35 heavy (non-hydrogen) atoms. The molecular formula is C24H24F3N3O4S. The van der Waals surface area contributed by atoms with Crippen molar-refractivity contribution in [2.45, 2.75) is 33.2 Å².